The number of nitro groups is 2. The summed E-state index contributed by atoms with van der Waals surface area (Å²) in [6.07, 6.45) is 6.24. The van der Waals surface area contributed by atoms with E-state index < -0.39 is 0 Å². The minimum absolute atomic E-state index is 0.140. The second kappa shape index (κ2) is 16.1. The van der Waals surface area contributed by atoms with E-state index in [2.05, 4.69) is 35.9 Å². The number of aromatic nitrogens is 2. The van der Waals surface area contributed by atoms with E-state index in [1.54, 1.807) is 0 Å². The molecule has 2 aromatic heterocycles. The fourth-order valence-corrected chi connectivity index (χ4v) is 7.49. The Bertz CT molecular complexity index is 2390. The van der Waals surface area contributed by atoms with Crippen LogP contribution in [0.2, 0.25) is 0 Å². The summed E-state index contributed by atoms with van der Waals surface area (Å²) in [7, 11) is 0. The van der Waals surface area contributed by atoms with E-state index >= 15 is 0 Å². The lowest BCUT2D eigenvalue weighted by Crippen LogP contribution is -2.28. The number of anilines is 2. The molecule has 2 atom stereocenters. The maximum atomic E-state index is 11.5. The summed E-state index contributed by atoms with van der Waals surface area (Å²) in [5.74, 6) is -0.615. The van der Waals surface area contributed by atoms with Crippen molar-refractivity contribution in [1.82, 2.24) is 9.97 Å². The molecule has 0 aliphatic carbocycles. The van der Waals surface area contributed by atoms with E-state index in [1.807, 2.05) is 121 Å². The largest absolute Gasteiger partial charge is 0.348 e. The summed E-state index contributed by atoms with van der Waals surface area (Å²) in [4.78, 5) is 36.3. The van der Waals surface area contributed by atoms with Gasteiger partial charge >= 0.3 is 0 Å². The van der Waals surface area contributed by atoms with Gasteiger partial charge in [0.25, 0.3) is 0 Å². The van der Waals surface area contributed by atoms with Crippen molar-refractivity contribution >= 4 is 44.3 Å². The minimum atomic E-state index is -0.308. The Kier molecular flexibility index (Phi) is 10.7. The Morgan fingerprint density at radius 1 is 0.574 bits per heavy atom. The molecular formula is C44H42N6O4. The van der Waals surface area contributed by atoms with E-state index in [1.165, 1.54) is 0 Å². The van der Waals surface area contributed by atoms with Crippen molar-refractivity contribution in [2.75, 3.05) is 36.0 Å². The Morgan fingerprint density at radius 3 is 1.50 bits per heavy atom. The predicted molar refractivity (Wildman–Crippen MR) is 217 cm³/mol. The molecule has 0 bridgehead atoms. The fraction of sp³-hybridized carbons (Fsp3) is 0.227. The van der Waals surface area contributed by atoms with E-state index in [-0.39, 0.29) is 34.8 Å². The molecule has 10 heteroatoms. The molecule has 4 aromatic carbocycles. The van der Waals surface area contributed by atoms with Crippen molar-refractivity contribution in [1.29, 1.82) is 0 Å². The average molecular weight is 719 g/mol. The Labute approximate surface area is 314 Å². The monoisotopic (exact) mass is 718 g/mol. The quantitative estimate of drug-likeness (QED) is 0.101. The maximum Gasteiger partial charge on any atom is 0.214 e. The topological polar surface area (TPSA) is 119 Å². The lowest BCUT2D eigenvalue weighted by atomic mass is 9.85. The van der Waals surface area contributed by atoms with Gasteiger partial charge in [0.1, 0.15) is 0 Å². The van der Waals surface area contributed by atoms with Gasteiger partial charge in [0.05, 0.1) is 34.3 Å². The molecule has 272 valence electrons. The van der Waals surface area contributed by atoms with Crippen molar-refractivity contribution < 1.29 is 9.85 Å². The van der Waals surface area contributed by atoms with E-state index in [9.17, 15) is 20.2 Å². The number of unbranched alkanes of at least 4 members (excludes halogenated alkanes) is 1. The van der Waals surface area contributed by atoms with Gasteiger partial charge in [-0.15, -0.1) is 0 Å². The molecule has 2 aliphatic rings. The van der Waals surface area contributed by atoms with E-state index in [4.69, 9.17) is 9.97 Å². The molecular weight excluding hydrogens is 677 g/mol. The highest BCUT2D eigenvalue weighted by atomic mass is 16.6. The summed E-state index contributed by atoms with van der Waals surface area (Å²) in [5, 5.41) is 25.0. The first-order valence-electron chi connectivity index (χ1n) is 18.4. The molecule has 0 saturated carbocycles. The van der Waals surface area contributed by atoms with Crippen molar-refractivity contribution in [3.05, 3.63) is 176 Å². The van der Waals surface area contributed by atoms with Crippen molar-refractivity contribution in [2.24, 2.45) is 0 Å². The van der Waals surface area contributed by atoms with Gasteiger partial charge in [-0.3, -0.25) is 20.2 Å². The number of hydrogen-bond donors (Lipinski definition) is 0. The highest BCUT2D eigenvalue weighted by molar-refractivity contribution is 5.86. The van der Waals surface area contributed by atoms with Gasteiger partial charge < -0.3 is 9.80 Å². The van der Waals surface area contributed by atoms with E-state index in [0.717, 1.165) is 92.8 Å². The van der Waals surface area contributed by atoms with Crippen LogP contribution in [0.5, 0.6) is 0 Å². The molecule has 10 nitrogen and oxygen atoms in total. The van der Waals surface area contributed by atoms with Gasteiger partial charge in [-0.1, -0.05) is 98.3 Å². The average Bonchev–Trinajstić information content (AvgIpc) is 3.20. The van der Waals surface area contributed by atoms with Crippen LogP contribution in [0.1, 0.15) is 61.0 Å². The fourth-order valence-electron chi connectivity index (χ4n) is 7.49. The van der Waals surface area contributed by atoms with Gasteiger partial charge in [-0.05, 0) is 60.9 Å². The van der Waals surface area contributed by atoms with Crippen LogP contribution < -0.4 is 9.80 Å². The van der Waals surface area contributed by atoms with Crippen LogP contribution >= 0.6 is 0 Å². The van der Waals surface area contributed by atoms with Crippen LogP contribution in [-0.4, -0.2) is 46.0 Å². The molecule has 8 rings (SSSR count). The van der Waals surface area contributed by atoms with Crippen LogP contribution in [0.4, 0.5) is 11.4 Å². The molecule has 0 spiro atoms. The summed E-state index contributed by atoms with van der Waals surface area (Å²) in [5.41, 5.74) is 9.29. The van der Waals surface area contributed by atoms with Gasteiger partial charge in [0.2, 0.25) is 13.1 Å². The first-order chi connectivity index (χ1) is 26.3. The molecule has 2 unspecified atom stereocenters. The molecule has 54 heavy (non-hydrogen) atoms. The van der Waals surface area contributed by atoms with Gasteiger partial charge in [-0.25, -0.2) is 9.97 Å². The second-order valence-corrected chi connectivity index (χ2v) is 13.5. The van der Waals surface area contributed by atoms with Gasteiger partial charge in [0.15, 0.2) is 0 Å². The zero-order chi connectivity index (χ0) is 37.6. The SMILES string of the molecule is CCCCN1C=C(c2ccc3ccccc3n2)C(C[N+](=O)[O-])c2ccccc21.CCN1C=C(c2ccc3ccccc3n2)C(C[N+](=O)[O-])c2ccccc21. The molecule has 0 saturated heterocycles. The lowest BCUT2D eigenvalue weighted by Gasteiger charge is -2.33. The Balaban J connectivity index is 0.000000167. The molecule has 0 amide bonds. The van der Waals surface area contributed by atoms with Crippen LogP contribution in [-0.2, 0) is 0 Å². The zero-order valence-electron chi connectivity index (χ0n) is 30.4. The minimum Gasteiger partial charge on any atom is -0.348 e. The molecule has 6 aromatic rings. The van der Waals surface area contributed by atoms with Crippen LogP contribution in [0.25, 0.3) is 33.0 Å². The summed E-state index contributed by atoms with van der Waals surface area (Å²) < 4.78 is 0. The van der Waals surface area contributed by atoms with Crippen molar-refractivity contribution in [3.8, 4) is 0 Å². The molecule has 4 heterocycles. The van der Waals surface area contributed by atoms with Crippen LogP contribution in [0.3, 0.4) is 0 Å². The van der Waals surface area contributed by atoms with Gasteiger partial charge in [-0.2, -0.15) is 0 Å². The third-order valence-corrected chi connectivity index (χ3v) is 10.1. The smallest absolute Gasteiger partial charge is 0.214 e. The lowest BCUT2D eigenvalue weighted by molar-refractivity contribution is -0.481. The van der Waals surface area contributed by atoms with E-state index in [0.29, 0.717) is 0 Å². The maximum absolute atomic E-state index is 11.5. The number of rotatable bonds is 10. The zero-order valence-corrected chi connectivity index (χ0v) is 30.4. The Hall–Kier alpha value is -6.42. The number of hydrogen-bond acceptors (Lipinski definition) is 8. The number of benzene rings is 4. The first kappa shape index (κ1) is 36.0. The number of para-hydroxylation sites is 4. The third kappa shape index (κ3) is 7.54. The second-order valence-electron chi connectivity index (χ2n) is 13.5. The third-order valence-electron chi connectivity index (χ3n) is 10.1. The summed E-state index contributed by atoms with van der Waals surface area (Å²) in [6, 6.07) is 39.8. The van der Waals surface area contributed by atoms with Crippen molar-refractivity contribution in [2.45, 2.75) is 38.5 Å². The number of pyridine rings is 2. The number of fused-ring (bicyclic) bond motifs is 4. The highest BCUT2D eigenvalue weighted by Crippen LogP contribution is 2.43. The van der Waals surface area contributed by atoms with Gasteiger partial charge in [0, 0.05) is 68.6 Å². The molecule has 0 N–H and O–H groups in total. The molecule has 0 fully saturated rings. The predicted octanol–water partition coefficient (Wildman–Crippen LogP) is 9.73. The highest BCUT2D eigenvalue weighted by Gasteiger charge is 2.33. The summed E-state index contributed by atoms with van der Waals surface area (Å²) >= 11 is 0. The van der Waals surface area contributed by atoms with Crippen LogP contribution in [0, 0.1) is 20.2 Å². The van der Waals surface area contributed by atoms with Crippen LogP contribution in [0.15, 0.2) is 134 Å². The standard InChI is InChI=1S/C23H23N3O2.C21H19N3O2/c1-2-3-14-25-15-20(22-13-12-17-8-4-6-10-21(17)24-22)19(16-26(27)28)18-9-5-7-11-23(18)25;1-2-23-13-18(20-12-11-15-7-3-5-9-19(15)22-20)17(14-24(25)26)16-8-4-6-10-21(16)23/h4-13,15,19H,2-3,14,16H2,1H3;3-13,17H,2,14H2,1H3. The normalized spacial score (nSPS) is 16.1. The molecule has 0 radical (unpaired) electrons. The molecule has 2 aliphatic heterocycles. The van der Waals surface area contributed by atoms with Crippen molar-refractivity contribution in [3.63, 3.8) is 0 Å². The Morgan fingerprint density at radius 2 is 1.02 bits per heavy atom. The summed E-state index contributed by atoms with van der Waals surface area (Å²) in [6.45, 7) is 5.64. The first-order valence-corrected chi connectivity index (χ1v) is 18.4. The number of nitrogens with zero attached hydrogens (tertiary/aromatic N) is 6.